The molecule has 0 fully saturated rings. The fraction of sp³-hybridized carbons (Fsp3) is 0.455. The van der Waals surface area contributed by atoms with E-state index >= 15 is 0 Å². The van der Waals surface area contributed by atoms with E-state index in [-0.39, 0.29) is 17.4 Å². The van der Waals surface area contributed by atoms with Crippen LogP contribution >= 0.6 is 0 Å². The first-order chi connectivity index (χ1) is 6.61. The van der Waals surface area contributed by atoms with Gasteiger partial charge < -0.3 is 0 Å². The number of nitro groups is 1. The smallest absolute Gasteiger partial charge is 0.210 e. The highest BCUT2D eigenvalue weighted by atomic mass is 16.6. The fourth-order valence-corrected chi connectivity index (χ4v) is 1.56. The molecule has 0 spiro atoms. The van der Waals surface area contributed by atoms with Crippen molar-refractivity contribution in [2.75, 3.05) is 6.54 Å². The van der Waals surface area contributed by atoms with Crippen molar-refractivity contribution >= 4 is 0 Å². The Morgan fingerprint density at radius 2 is 1.86 bits per heavy atom. The highest BCUT2D eigenvalue weighted by Crippen LogP contribution is 2.23. The van der Waals surface area contributed by atoms with Crippen molar-refractivity contribution < 1.29 is 4.92 Å². The maximum Gasteiger partial charge on any atom is 0.210 e. The molecule has 0 unspecified atom stereocenters. The van der Waals surface area contributed by atoms with Gasteiger partial charge in [-0.3, -0.25) is 10.1 Å². The van der Waals surface area contributed by atoms with Crippen LogP contribution in [0.5, 0.6) is 0 Å². The van der Waals surface area contributed by atoms with Crippen molar-refractivity contribution in [3.8, 4) is 0 Å². The van der Waals surface area contributed by atoms with Crippen molar-refractivity contribution in [3.63, 3.8) is 0 Å². The van der Waals surface area contributed by atoms with E-state index in [4.69, 9.17) is 0 Å². The summed E-state index contributed by atoms with van der Waals surface area (Å²) in [4.78, 5) is 10.3. The molecule has 76 valence electrons. The van der Waals surface area contributed by atoms with Gasteiger partial charge in [0.15, 0.2) is 0 Å². The standard InChI is InChI=1S/C11H15NO2/c1-9(2)11(8-12(13)14)10-6-4-3-5-7-10/h3-7,9,11H,8H2,1-2H3/t11-/m1/s1. The van der Waals surface area contributed by atoms with Gasteiger partial charge in [0.2, 0.25) is 6.54 Å². The third kappa shape index (κ3) is 2.83. The van der Waals surface area contributed by atoms with Gasteiger partial charge in [0.1, 0.15) is 0 Å². The summed E-state index contributed by atoms with van der Waals surface area (Å²) in [6.07, 6.45) is 0. The van der Waals surface area contributed by atoms with E-state index in [0.29, 0.717) is 5.92 Å². The van der Waals surface area contributed by atoms with Crippen LogP contribution in [0.4, 0.5) is 0 Å². The zero-order valence-electron chi connectivity index (χ0n) is 8.51. The third-order valence-corrected chi connectivity index (χ3v) is 2.38. The average molecular weight is 193 g/mol. The highest BCUT2D eigenvalue weighted by Gasteiger charge is 2.20. The first-order valence-corrected chi connectivity index (χ1v) is 4.78. The number of hydrogen-bond acceptors (Lipinski definition) is 2. The predicted octanol–water partition coefficient (Wildman–Crippen LogP) is 2.70. The quantitative estimate of drug-likeness (QED) is 0.545. The fourth-order valence-electron chi connectivity index (χ4n) is 1.56. The highest BCUT2D eigenvalue weighted by molar-refractivity contribution is 5.19. The van der Waals surface area contributed by atoms with Crippen LogP contribution in [0.15, 0.2) is 30.3 Å². The van der Waals surface area contributed by atoms with Crippen molar-refractivity contribution in [2.24, 2.45) is 5.92 Å². The Morgan fingerprint density at radius 1 is 1.29 bits per heavy atom. The maximum absolute atomic E-state index is 10.5. The molecule has 0 radical (unpaired) electrons. The summed E-state index contributed by atoms with van der Waals surface area (Å²) in [5.41, 5.74) is 1.05. The maximum atomic E-state index is 10.5. The van der Waals surface area contributed by atoms with Crippen molar-refractivity contribution in [1.82, 2.24) is 0 Å². The van der Waals surface area contributed by atoms with Gasteiger partial charge in [-0.15, -0.1) is 0 Å². The van der Waals surface area contributed by atoms with Gasteiger partial charge in [-0.2, -0.15) is 0 Å². The second-order valence-electron chi connectivity index (χ2n) is 3.78. The van der Waals surface area contributed by atoms with Crippen LogP contribution in [-0.4, -0.2) is 11.5 Å². The first kappa shape index (κ1) is 10.7. The lowest BCUT2D eigenvalue weighted by Crippen LogP contribution is -2.17. The molecule has 1 rings (SSSR count). The lowest BCUT2D eigenvalue weighted by Gasteiger charge is -2.16. The predicted molar refractivity (Wildman–Crippen MR) is 55.9 cm³/mol. The molecule has 0 aliphatic heterocycles. The Labute approximate surface area is 83.9 Å². The second-order valence-corrected chi connectivity index (χ2v) is 3.78. The molecule has 0 N–H and O–H groups in total. The summed E-state index contributed by atoms with van der Waals surface area (Å²) >= 11 is 0. The Morgan fingerprint density at radius 3 is 2.29 bits per heavy atom. The van der Waals surface area contributed by atoms with Crippen LogP contribution in [0.25, 0.3) is 0 Å². The minimum atomic E-state index is -0.238. The molecule has 0 amide bonds. The Bertz CT molecular complexity index is 295. The molecular formula is C11H15NO2. The minimum Gasteiger partial charge on any atom is -0.265 e. The topological polar surface area (TPSA) is 43.1 Å². The van der Waals surface area contributed by atoms with Crippen LogP contribution in [-0.2, 0) is 0 Å². The molecule has 0 aliphatic rings. The van der Waals surface area contributed by atoms with Gasteiger partial charge in [0, 0.05) is 4.92 Å². The average Bonchev–Trinajstić information content (AvgIpc) is 2.15. The molecule has 1 atom stereocenters. The number of nitrogens with zero attached hydrogens (tertiary/aromatic N) is 1. The SMILES string of the molecule is CC(C)[C@@H](C[N+](=O)[O-])c1ccccc1. The van der Waals surface area contributed by atoms with E-state index in [2.05, 4.69) is 0 Å². The number of hydrogen-bond donors (Lipinski definition) is 0. The van der Waals surface area contributed by atoms with Crippen LogP contribution < -0.4 is 0 Å². The summed E-state index contributed by atoms with van der Waals surface area (Å²) < 4.78 is 0. The molecule has 1 aromatic rings. The van der Waals surface area contributed by atoms with Crippen LogP contribution in [0.2, 0.25) is 0 Å². The molecule has 1 aromatic carbocycles. The molecule has 0 bridgehead atoms. The zero-order valence-corrected chi connectivity index (χ0v) is 8.51. The summed E-state index contributed by atoms with van der Waals surface area (Å²) in [5, 5.41) is 10.5. The van der Waals surface area contributed by atoms with Crippen molar-refractivity contribution in [3.05, 3.63) is 46.0 Å². The molecule has 0 heterocycles. The van der Waals surface area contributed by atoms with Crippen molar-refractivity contribution in [1.29, 1.82) is 0 Å². The van der Waals surface area contributed by atoms with Gasteiger partial charge in [-0.05, 0) is 11.5 Å². The lowest BCUT2D eigenvalue weighted by molar-refractivity contribution is -0.484. The molecular weight excluding hydrogens is 178 g/mol. The monoisotopic (exact) mass is 193 g/mol. The summed E-state index contributed by atoms with van der Waals surface area (Å²) in [6.45, 7) is 4.05. The van der Waals surface area contributed by atoms with Crippen LogP contribution in [0.3, 0.4) is 0 Å². The Balaban J connectivity index is 2.83. The molecule has 0 saturated carbocycles. The van der Waals surface area contributed by atoms with Crippen molar-refractivity contribution in [2.45, 2.75) is 19.8 Å². The van der Waals surface area contributed by atoms with Gasteiger partial charge in [0.25, 0.3) is 0 Å². The summed E-state index contributed by atoms with van der Waals surface area (Å²) in [5.74, 6) is 0.314. The van der Waals surface area contributed by atoms with Crippen LogP contribution in [0, 0.1) is 16.0 Å². The molecule has 0 aliphatic carbocycles. The normalized spacial score (nSPS) is 12.8. The number of benzene rings is 1. The first-order valence-electron chi connectivity index (χ1n) is 4.78. The minimum absolute atomic E-state index is 0.0156. The van der Waals surface area contributed by atoms with Gasteiger partial charge >= 0.3 is 0 Å². The Hall–Kier alpha value is -1.38. The number of rotatable bonds is 4. The van der Waals surface area contributed by atoms with E-state index in [9.17, 15) is 10.1 Å². The van der Waals surface area contributed by atoms with E-state index in [1.165, 1.54) is 0 Å². The summed E-state index contributed by atoms with van der Waals surface area (Å²) in [6, 6.07) is 9.67. The molecule has 3 nitrogen and oxygen atoms in total. The molecule has 14 heavy (non-hydrogen) atoms. The van der Waals surface area contributed by atoms with E-state index in [0.717, 1.165) is 5.56 Å². The van der Waals surface area contributed by atoms with Crippen LogP contribution in [0.1, 0.15) is 25.3 Å². The third-order valence-electron chi connectivity index (χ3n) is 2.38. The molecule has 0 saturated heterocycles. The van der Waals surface area contributed by atoms with Gasteiger partial charge in [-0.25, -0.2) is 0 Å². The van der Waals surface area contributed by atoms with E-state index in [1.54, 1.807) is 0 Å². The van der Waals surface area contributed by atoms with E-state index < -0.39 is 0 Å². The van der Waals surface area contributed by atoms with E-state index in [1.807, 2.05) is 44.2 Å². The molecule has 3 heteroatoms. The Kier molecular flexibility index (Phi) is 3.63. The summed E-state index contributed by atoms with van der Waals surface area (Å²) in [7, 11) is 0. The largest absolute Gasteiger partial charge is 0.265 e. The van der Waals surface area contributed by atoms with Gasteiger partial charge in [-0.1, -0.05) is 44.2 Å². The lowest BCUT2D eigenvalue weighted by atomic mass is 9.89. The molecule has 0 aromatic heterocycles. The van der Waals surface area contributed by atoms with Gasteiger partial charge in [0.05, 0.1) is 5.92 Å². The second kappa shape index (κ2) is 4.74. The zero-order chi connectivity index (χ0) is 10.6.